The van der Waals surface area contributed by atoms with Crippen LogP contribution in [0.2, 0.25) is 0 Å². The predicted molar refractivity (Wildman–Crippen MR) is 81.4 cm³/mol. The van der Waals surface area contributed by atoms with E-state index in [9.17, 15) is 0 Å². The molecule has 19 heavy (non-hydrogen) atoms. The van der Waals surface area contributed by atoms with E-state index in [1.54, 1.807) is 0 Å². The fourth-order valence-electron chi connectivity index (χ4n) is 2.51. The first-order valence-corrected chi connectivity index (χ1v) is 7.50. The Kier molecular flexibility index (Phi) is 3.94. The second kappa shape index (κ2) is 5.84. The summed E-state index contributed by atoms with van der Waals surface area (Å²) in [6, 6.07) is 4.54. The van der Waals surface area contributed by atoms with Crippen LogP contribution >= 0.6 is 15.9 Å². The molecule has 1 atom stereocenters. The molecular formula is C14H17BrN4. The minimum absolute atomic E-state index is 0.519. The molecule has 2 aromatic rings. The van der Waals surface area contributed by atoms with Crippen molar-refractivity contribution in [3.05, 3.63) is 29.0 Å². The lowest BCUT2D eigenvalue weighted by atomic mass is 10.1. The average molecular weight is 321 g/mol. The number of rotatable bonds is 2. The van der Waals surface area contributed by atoms with E-state index in [0.29, 0.717) is 6.04 Å². The zero-order valence-corrected chi connectivity index (χ0v) is 12.3. The molecule has 5 heteroatoms. The van der Waals surface area contributed by atoms with Gasteiger partial charge in [-0.2, -0.15) is 0 Å². The van der Waals surface area contributed by atoms with E-state index in [4.69, 9.17) is 0 Å². The number of hydrogen-bond acceptors (Lipinski definition) is 4. The molecule has 2 N–H and O–H groups in total. The maximum Gasteiger partial charge on any atom is 0.112 e. The van der Waals surface area contributed by atoms with E-state index in [1.165, 1.54) is 12.8 Å². The Balaban J connectivity index is 1.87. The number of halogens is 1. The fraction of sp³-hybridized carbons (Fsp3) is 0.429. The van der Waals surface area contributed by atoms with Gasteiger partial charge in [-0.1, -0.05) is 0 Å². The number of aromatic nitrogens is 2. The molecule has 1 saturated heterocycles. The minimum atomic E-state index is 0.519. The van der Waals surface area contributed by atoms with Crippen molar-refractivity contribution >= 4 is 32.7 Å². The topological polar surface area (TPSA) is 49.8 Å². The van der Waals surface area contributed by atoms with Crippen LogP contribution in [0.25, 0.3) is 11.0 Å². The van der Waals surface area contributed by atoms with Crippen LogP contribution in [-0.2, 0) is 0 Å². The number of nitrogens with zero attached hydrogens (tertiary/aromatic N) is 2. The van der Waals surface area contributed by atoms with Gasteiger partial charge in [0.1, 0.15) is 5.52 Å². The normalized spacial score (nSPS) is 20.2. The predicted octanol–water partition coefficient (Wildman–Crippen LogP) is 2.95. The molecule has 0 bridgehead atoms. The summed E-state index contributed by atoms with van der Waals surface area (Å²) < 4.78 is 0.961. The van der Waals surface area contributed by atoms with Crippen LogP contribution in [-0.4, -0.2) is 29.1 Å². The van der Waals surface area contributed by atoms with E-state index in [-0.39, 0.29) is 0 Å². The van der Waals surface area contributed by atoms with E-state index in [0.717, 1.165) is 40.7 Å². The van der Waals surface area contributed by atoms with Gasteiger partial charge < -0.3 is 10.6 Å². The molecule has 0 aliphatic carbocycles. The number of nitrogens with one attached hydrogen (secondary N) is 2. The molecule has 0 radical (unpaired) electrons. The largest absolute Gasteiger partial charge is 0.380 e. The molecule has 1 fully saturated rings. The summed E-state index contributed by atoms with van der Waals surface area (Å²) in [4.78, 5) is 8.85. The monoisotopic (exact) mass is 320 g/mol. The highest BCUT2D eigenvalue weighted by atomic mass is 79.9. The smallest absolute Gasteiger partial charge is 0.112 e. The Morgan fingerprint density at radius 2 is 2.21 bits per heavy atom. The van der Waals surface area contributed by atoms with Gasteiger partial charge in [0.2, 0.25) is 0 Å². The third-order valence-corrected chi connectivity index (χ3v) is 3.91. The number of pyridine rings is 2. The molecule has 0 aromatic carbocycles. The van der Waals surface area contributed by atoms with Gasteiger partial charge in [-0.15, -0.1) is 0 Å². The zero-order chi connectivity index (χ0) is 13.1. The van der Waals surface area contributed by atoms with Crippen LogP contribution < -0.4 is 10.6 Å². The summed E-state index contributed by atoms with van der Waals surface area (Å²) >= 11 is 3.43. The zero-order valence-electron chi connectivity index (χ0n) is 10.7. The SMILES string of the molecule is Brc1cnc2c(NC3CCCNCC3)ccnc2c1. The molecule has 1 aliphatic rings. The molecule has 0 saturated carbocycles. The van der Waals surface area contributed by atoms with Crippen LogP contribution in [0.3, 0.4) is 0 Å². The standard InChI is InChI=1S/C14H17BrN4/c15-10-8-13-14(18-9-10)12(4-7-17-13)19-11-2-1-5-16-6-3-11/h4,7-9,11,16H,1-3,5-6H2,(H,17,19). The molecule has 3 rings (SSSR count). The van der Waals surface area contributed by atoms with Crippen molar-refractivity contribution in [2.45, 2.75) is 25.3 Å². The highest BCUT2D eigenvalue weighted by Gasteiger charge is 2.13. The van der Waals surface area contributed by atoms with Gasteiger partial charge >= 0.3 is 0 Å². The van der Waals surface area contributed by atoms with E-state index >= 15 is 0 Å². The Bertz CT molecular complexity index is 564. The Hall–Kier alpha value is -1.20. The number of anilines is 1. The quantitative estimate of drug-likeness (QED) is 0.893. The van der Waals surface area contributed by atoms with Crippen molar-refractivity contribution in [3.63, 3.8) is 0 Å². The second-order valence-electron chi connectivity index (χ2n) is 4.90. The van der Waals surface area contributed by atoms with E-state index < -0.39 is 0 Å². The lowest BCUT2D eigenvalue weighted by Crippen LogP contribution is -2.21. The third-order valence-electron chi connectivity index (χ3n) is 3.48. The minimum Gasteiger partial charge on any atom is -0.380 e. The first-order valence-electron chi connectivity index (χ1n) is 6.70. The molecular weight excluding hydrogens is 304 g/mol. The summed E-state index contributed by atoms with van der Waals surface area (Å²) in [7, 11) is 0. The molecule has 0 amide bonds. The fourth-order valence-corrected chi connectivity index (χ4v) is 2.82. The van der Waals surface area contributed by atoms with Gasteiger partial charge in [-0.05, 0) is 60.4 Å². The third kappa shape index (κ3) is 3.04. The molecule has 1 unspecified atom stereocenters. The molecule has 100 valence electrons. The van der Waals surface area contributed by atoms with Gasteiger partial charge in [-0.25, -0.2) is 0 Å². The van der Waals surface area contributed by atoms with Gasteiger partial charge in [0, 0.05) is 22.9 Å². The second-order valence-corrected chi connectivity index (χ2v) is 5.82. The van der Waals surface area contributed by atoms with Crippen LogP contribution in [0.1, 0.15) is 19.3 Å². The van der Waals surface area contributed by atoms with Crippen molar-refractivity contribution in [2.24, 2.45) is 0 Å². The Morgan fingerprint density at radius 1 is 1.26 bits per heavy atom. The summed E-state index contributed by atoms with van der Waals surface area (Å²) in [5, 5.41) is 7.06. The molecule has 2 aromatic heterocycles. The summed E-state index contributed by atoms with van der Waals surface area (Å²) in [5.74, 6) is 0. The highest BCUT2D eigenvalue weighted by Crippen LogP contribution is 2.24. The van der Waals surface area contributed by atoms with Crippen molar-refractivity contribution < 1.29 is 0 Å². The van der Waals surface area contributed by atoms with Crippen LogP contribution in [0, 0.1) is 0 Å². The van der Waals surface area contributed by atoms with Gasteiger partial charge in [0.25, 0.3) is 0 Å². The first kappa shape index (κ1) is 12.8. The molecule has 4 nitrogen and oxygen atoms in total. The number of hydrogen-bond donors (Lipinski definition) is 2. The highest BCUT2D eigenvalue weighted by molar-refractivity contribution is 9.10. The average Bonchev–Trinajstić information content (AvgIpc) is 2.67. The molecule has 1 aliphatic heterocycles. The Morgan fingerprint density at radius 3 is 3.16 bits per heavy atom. The van der Waals surface area contributed by atoms with Crippen molar-refractivity contribution in [1.82, 2.24) is 15.3 Å². The maximum absolute atomic E-state index is 4.48. The summed E-state index contributed by atoms with van der Waals surface area (Å²) in [6.07, 6.45) is 7.24. The van der Waals surface area contributed by atoms with Crippen molar-refractivity contribution in [2.75, 3.05) is 18.4 Å². The van der Waals surface area contributed by atoms with Gasteiger partial charge in [0.05, 0.1) is 11.2 Å². The lowest BCUT2D eigenvalue weighted by molar-refractivity contribution is 0.638. The van der Waals surface area contributed by atoms with Crippen LogP contribution in [0.5, 0.6) is 0 Å². The molecule has 3 heterocycles. The van der Waals surface area contributed by atoms with E-state index in [1.807, 2.05) is 24.5 Å². The van der Waals surface area contributed by atoms with Crippen molar-refractivity contribution in [1.29, 1.82) is 0 Å². The van der Waals surface area contributed by atoms with Crippen LogP contribution in [0.15, 0.2) is 29.0 Å². The Labute approximate surface area is 121 Å². The maximum atomic E-state index is 4.48. The summed E-state index contributed by atoms with van der Waals surface area (Å²) in [6.45, 7) is 2.21. The first-order chi connectivity index (χ1) is 9.33. The lowest BCUT2D eigenvalue weighted by Gasteiger charge is -2.18. The van der Waals surface area contributed by atoms with Gasteiger partial charge in [-0.3, -0.25) is 9.97 Å². The summed E-state index contributed by atoms with van der Waals surface area (Å²) in [5.41, 5.74) is 2.96. The van der Waals surface area contributed by atoms with Crippen molar-refractivity contribution in [3.8, 4) is 0 Å². The molecule has 0 spiro atoms. The van der Waals surface area contributed by atoms with Gasteiger partial charge in [0.15, 0.2) is 0 Å². The number of fused-ring (bicyclic) bond motifs is 1. The van der Waals surface area contributed by atoms with Crippen LogP contribution in [0.4, 0.5) is 5.69 Å². The van der Waals surface area contributed by atoms with E-state index in [2.05, 4.69) is 36.5 Å².